The fraction of sp³-hybridized carbons (Fsp3) is 0.400. The number of halogens is 2. The van der Waals surface area contributed by atoms with Crippen molar-refractivity contribution >= 4 is 34.5 Å². The zero-order valence-electron chi connectivity index (χ0n) is 4.82. The highest BCUT2D eigenvalue weighted by Gasteiger charge is 2.01. The second-order valence-electron chi connectivity index (χ2n) is 1.60. The first-order chi connectivity index (χ1) is 4.24. The Hall–Kier alpha value is 0.210. The van der Waals surface area contributed by atoms with Gasteiger partial charge in [0, 0.05) is 0 Å². The highest BCUT2D eigenvalue weighted by Crippen LogP contribution is 2.23. The summed E-state index contributed by atoms with van der Waals surface area (Å²) in [5.41, 5.74) is 0.873. The summed E-state index contributed by atoms with van der Waals surface area (Å²) in [5, 5.41) is 0.888. The lowest BCUT2D eigenvalue weighted by Crippen LogP contribution is -1.73. The van der Waals surface area contributed by atoms with Crippen molar-refractivity contribution in [1.29, 1.82) is 0 Å². The minimum atomic E-state index is 0.457. The van der Waals surface area contributed by atoms with Gasteiger partial charge >= 0.3 is 0 Å². The maximum Gasteiger partial charge on any atom is 0.116 e. The topological polar surface area (TPSA) is 12.9 Å². The molecule has 0 spiro atoms. The van der Waals surface area contributed by atoms with Gasteiger partial charge in [0.2, 0.25) is 0 Å². The number of hydrogen-bond acceptors (Lipinski definition) is 2. The van der Waals surface area contributed by atoms with E-state index >= 15 is 0 Å². The fourth-order valence-corrected chi connectivity index (χ4v) is 1.66. The van der Waals surface area contributed by atoms with Crippen molar-refractivity contribution in [2.24, 2.45) is 0 Å². The SMILES string of the molecule is Cc1nc(CCl)sc1Cl. The molecule has 0 aliphatic rings. The minimum Gasteiger partial charge on any atom is -0.244 e. The van der Waals surface area contributed by atoms with Crippen molar-refractivity contribution in [1.82, 2.24) is 4.98 Å². The molecule has 0 aliphatic carbocycles. The first-order valence-corrected chi connectivity index (χ1v) is 4.14. The van der Waals surface area contributed by atoms with Crippen LogP contribution in [0.2, 0.25) is 4.34 Å². The second-order valence-corrected chi connectivity index (χ2v) is 3.55. The van der Waals surface area contributed by atoms with Crippen LogP contribution in [0.25, 0.3) is 0 Å². The number of hydrogen-bond donors (Lipinski definition) is 0. The smallest absolute Gasteiger partial charge is 0.116 e. The van der Waals surface area contributed by atoms with Crippen molar-refractivity contribution in [2.45, 2.75) is 12.8 Å². The largest absolute Gasteiger partial charge is 0.244 e. The molecule has 0 amide bonds. The number of nitrogens with zero attached hydrogens (tertiary/aromatic N) is 1. The van der Waals surface area contributed by atoms with E-state index in [0.29, 0.717) is 5.88 Å². The van der Waals surface area contributed by atoms with Crippen LogP contribution in [-0.2, 0) is 5.88 Å². The molecule has 0 aliphatic heterocycles. The number of aromatic nitrogens is 1. The fourth-order valence-electron chi connectivity index (χ4n) is 0.488. The van der Waals surface area contributed by atoms with E-state index in [-0.39, 0.29) is 0 Å². The lowest BCUT2D eigenvalue weighted by atomic mass is 10.6. The van der Waals surface area contributed by atoms with E-state index in [1.54, 1.807) is 0 Å². The van der Waals surface area contributed by atoms with Gasteiger partial charge in [-0.1, -0.05) is 11.6 Å². The molecule has 0 saturated carbocycles. The Bertz CT molecular complexity index is 189. The van der Waals surface area contributed by atoms with Crippen molar-refractivity contribution in [3.63, 3.8) is 0 Å². The molecule has 0 saturated heterocycles. The molecule has 0 radical (unpaired) electrons. The summed E-state index contributed by atoms with van der Waals surface area (Å²) in [7, 11) is 0. The minimum absolute atomic E-state index is 0.457. The third kappa shape index (κ3) is 1.57. The van der Waals surface area contributed by atoms with Gasteiger partial charge in [0.05, 0.1) is 11.6 Å². The Balaban J connectivity index is 2.98. The molecular weight excluding hydrogens is 177 g/mol. The summed E-state index contributed by atoms with van der Waals surface area (Å²) in [5.74, 6) is 0.457. The van der Waals surface area contributed by atoms with Crippen LogP contribution < -0.4 is 0 Å². The summed E-state index contributed by atoms with van der Waals surface area (Å²) in [4.78, 5) is 4.08. The van der Waals surface area contributed by atoms with E-state index in [1.807, 2.05) is 6.92 Å². The Kier molecular flexibility index (Phi) is 2.33. The second kappa shape index (κ2) is 2.86. The number of alkyl halides is 1. The third-order valence-electron chi connectivity index (χ3n) is 0.899. The molecule has 1 aromatic rings. The van der Waals surface area contributed by atoms with Gasteiger partial charge in [-0.15, -0.1) is 22.9 Å². The highest BCUT2D eigenvalue weighted by molar-refractivity contribution is 7.16. The number of thiazole rings is 1. The Morgan fingerprint density at radius 3 is 2.56 bits per heavy atom. The maximum absolute atomic E-state index is 5.71. The van der Waals surface area contributed by atoms with Gasteiger partial charge in [-0.05, 0) is 6.92 Å². The average molecular weight is 182 g/mol. The third-order valence-corrected chi connectivity index (χ3v) is 2.76. The Morgan fingerprint density at radius 1 is 1.67 bits per heavy atom. The first kappa shape index (κ1) is 7.32. The Labute approximate surface area is 67.6 Å². The molecule has 1 nitrogen and oxygen atoms in total. The average Bonchev–Trinajstić information content (AvgIpc) is 2.13. The zero-order valence-corrected chi connectivity index (χ0v) is 7.15. The Morgan fingerprint density at radius 2 is 2.33 bits per heavy atom. The van der Waals surface area contributed by atoms with Gasteiger partial charge in [-0.2, -0.15) is 0 Å². The van der Waals surface area contributed by atoms with Crippen LogP contribution in [0, 0.1) is 6.92 Å². The predicted octanol–water partition coefficient (Wildman–Crippen LogP) is 2.84. The van der Waals surface area contributed by atoms with Crippen LogP contribution in [0.1, 0.15) is 10.7 Å². The van der Waals surface area contributed by atoms with Crippen LogP contribution in [0.5, 0.6) is 0 Å². The molecule has 9 heavy (non-hydrogen) atoms. The molecule has 0 unspecified atom stereocenters. The van der Waals surface area contributed by atoms with Gasteiger partial charge in [-0.3, -0.25) is 0 Å². The predicted molar refractivity (Wildman–Crippen MR) is 41.4 cm³/mol. The summed E-state index contributed by atoms with van der Waals surface area (Å²) in [6.45, 7) is 1.87. The van der Waals surface area contributed by atoms with Crippen LogP contribution in [0.15, 0.2) is 0 Å². The van der Waals surface area contributed by atoms with Crippen LogP contribution >= 0.6 is 34.5 Å². The summed E-state index contributed by atoms with van der Waals surface area (Å²) in [6.07, 6.45) is 0. The normalized spacial score (nSPS) is 10.1. The lowest BCUT2D eigenvalue weighted by Gasteiger charge is -1.77. The molecular formula is C5H5Cl2NS. The van der Waals surface area contributed by atoms with Crippen LogP contribution in [0.3, 0.4) is 0 Å². The summed E-state index contributed by atoms with van der Waals surface area (Å²) < 4.78 is 0.741. The van der Waals surface area contributed by atoms with Gasteiger partial charge in [0.25, 0.3) is 0 Å². The molecule has 0 aromatic carbocycles. The van der Waals surface area contributed by atoms with E-state index in [1.165, 1.54) is 11.3 Å². The first-order valence-electron chi connectivity index (χ1n) is 2.42. The van der Waals surface area contributed by atoms with Gasteiger partial charge < -0.3 is 0 Å². The molecule has 1 heterocycles. The quantitative estimate of drug-likeness (QED) is 0.608. The van der Waals surface area contributed by atoms with Crippen molar-refractivity contribution in [2.75, 3.05) is 0 Å². The molecule has 0 atom stereocenters. The molecule has 1 aromatic heterocycles. The number of aryl methyl sites for hydroxylation is 1. The molecule has 1 rings (SSSR count). The zero-order chi connectivity index (χ0) is 6.85. The van der Waals surface area contributed by atoms with Crippen molar-refractivity contribution < 1.29 is 0 Å². The van der Waals surface area contributed by atoms with Crippen molar-refractivity contribution in [3.05, 3.63) is 15.0 Å². The summed E-state index contributed by atoms with van der Waals surface area (Å²) >= 11 is 12.6. The van der Waals surface area contributed by atoms with E-state index in [4.69, 9.17) is 23.2 Å². The standard InChI is InChI=1S/C5H5Cl2NS/c1-3-5(7)9-4(2-6)8-3/h2H2,1H3. The van der Waals surface area contributed by atoms with Gasteiger partial charge in [0.15, 0.2) is 0 Å². The van der Waals surface area contributed by atoms with E-state index in [0.717, 1.165) is 15.0 Å². The van der Waals surface area contributed by atoms with E-state index < -0.39 is 0 Å². The molecule has 4 heteroatoms. The van der Waals surface area contributed by atoms with Crippen LogP contribution in [0.4, 0.5) is 0 Å². The van der Waals surface area contributed by atoms with E-state index in [2.05, 4.69) is 4.98 Å². The van der Waals surface area contributed by atoms with Crippen molar-refractivity contribution in [3.8, 4) is 0 Å². The lowest BCUT2D eigenvalue weighted by molar-refractivity contribution is 1.18. The van der Waals surface area contributed by atoms with Crippen LogP contribution in [-0.4, -0.2) is 4.98 Å². The molecule has 50 valence electrons. The van der Waals surface area contributed by atoms with Gasteiger partial charge in [0.1, 0.15) is 9.34 Å². The monoisotopic (exact) mass is 181 g/mol. The highest BCUT2D eigenvalue weighted by atomic mass is 35.5. The molecule has 0 bridgehead atoms. The molecule has 0 fully saturated rings. The maximum atomic E-state index is 5.71. The number of rotatable bonds is 1. The van der Waals surface area contributed by atoms with Gasteiger partial charge in [-0.25, -0.2) is 4.98 Å². The van der Waals surface area contributed by atoms with E-state index in [9.17, 15) is 0 Å². The molecule has 0 N–H and O–H groups in total. The summed E-state index contributed by atoms with van der Waals surface area (Å²) in [6, 6.07) is 0.